The molecule has 31 heavy (non-hydrogen) atoms. The van der Waals surface area contributed by atoms with E-state index in [0.29, 0.717) is 23.0 Å². The Morgan fingerprint density at radius 2 is 1.87 bits per heavy atom. The van der Waals surface area contributed by atoms with Crippen LogP contribution >= 0.6 is 11.6 Å². The van der Waals surface area contributed by atoms with Crippen molar-refractivity contribution < 1.29 is 13.6 Å². The zero-order chi connectivity index (χ0) is 21.8. The van der Waals surface area contributed by atoms with Crippen LogP contribution in [-0.2, 0) is 16.1 Å². The van der Waals surface area contributed by atoms with E-state index in [0.717, 1.165) is 55.5 Å². The Balaban J connectivity index is 1.46. The molecule has 2 aliphatic rings. The normalized spacial score (nSPS) is 19.5. The van der Waals surface area contributed by atoms with Gasteiger partial charge in [-0.15, -0.1) is 0 Å². The van der Waals surface area contributed by atoms with Gasteiger partial charge >= 0.3 is 0 Å². The van der Waals surface area contributed by atoms with Crippen molar-refractivity contribution in [1.29, 1.82) is 0 Å². The topological polar surface area (TPSA) is 94.6 Å². The van der Waals surface area contributed by atoms with Gasteiger partial charge in [-0.1, -0.05) is 30.9 Å². The van der Waals surface area contributed by atoms with Gasteiger partial charge in [-0.2, -0.15) is 0 Å². The molecule has 0 spiro atoms. The summed E-state index contributed by atoms with van der Waals surface area (Å²) in [6.45, 7) is 1.51. The van der Waals surface area contributed by atoms with Crippen molar-refractivity contribution in [2.45, 2.75) is 57.4 Å². The first-order valence-electron chi connectivity index (χ1n) is 11.0. The van der Waals surface area contributed by atoms with Crippen molar-refractivity contribution in [2.75, 3.05) is 23.3 Å². The molecule has 2 fully saturated rings. The van der Waals surface area contributed by atoms with Crippen LogP contribution in [0.1, 0.15) is 51.4 Å². The molecule has 1 aromatic carbocycles. The summed E-state index contributed by atoms with van der Waals surface area (Å²) in [6, 6.07) is 7.61. The first-order valence-corrected chi connectivity index (χ1v) is 12.5. The summed E-state index contributed by atoms with van der Waals surface area (Å²) in [6.07, 6.45) is 8.04. The van der Waals surface area contributed by atoms with Crippen LogP contribution in [-0.4, -0.2) is 38.8 Å². The highest BCUT2D eigenvalue weighted by molar-refractivity contribution is 7.77. The Kier molecular flexibility index (Phi) is 7.43. The summed E-state index contributed by atoms with van der Waals surface area (Å²) in [5.74, 6) is 1.34. The van der Waals surface area contributed by atoms with E-state index in [9.17, 15) is 9.00 Å². The molecule has 2 heterocycles. The van der Waals surface area contributed by atoms with Gasteiger partial charge in [-0.3, -0.25) is 9.35 Å². The van der Waals surface area contributed by atoms with Gasteiger partial charge in [0.25, 0.3) is 0 Å². The van der Waals surface area contributed by atoms with Gasteiger partial charge in [0.2, 0.25) is 17.2 Å². The van der Waals surface area contributed by atoms with Crippen LogP contribution < -0.4 is 14.9 Å². The fraction of sp³-hybridized carbons (Fsp3) is 0.545. The number of nitrogens with zero attached hydrogens (tertiary/aromatic N) is 2. The fourth-order valence-corrected chi connectivity index (χ4v) is 5.42. The van der Waals surface area contributed by atoms with Crippen LogP contribution in [0.3, 0.4) is 0 Å². The molecule has 168 valence electrons. The van der Waals surface area contributed by atoms with Crippen LogP contribution in [0.4, 0.5) is 11.5 Å². The lowest BCUT2D eigenvalue weighted by Crippen LogP contribution is -2.43. The smallest absolute Gasteiger partial charge is 0.231 e. The van der Waals surface area contributed by atoms with E-state index in [1.54, 1.807) is 6.07 Å². The summed E-state index contributed by atoms with van der Waals surface area (Å²) >= 11 is 4.45. The van der Waals surface area contributed by atoms with E-state index in [1.165, 1.54) is 19.3 Å². The second-order valence-electron chi connectivity index (χ2n) is 8.54. The van der Waals surface area contributed by atoms with Crippen LogP contribution in [0.15, 0.2) is 24.3 Å². The number of pyridine rings is 1. The third-order valence-corrected chi connectivity index (χ3v) is 7.21. The Labute approximate surface area is 190 Å². The van der Waals surface area contributed by atoms with E-state index in [2.05, 4.69) is 14.9 Å². The van der Waals surface area contributed by atoms with Gasteiger partial charge in [-0.05, 0) is 55.9 Å². The monoisotopic (exact) mass is 464 g/mol. The molecule has 1 amide bonds. The van der Waals surface area contributed by atoms with Crippen molar-refractivity contribution in [3.63, 3.8) is 0 Å². The molecular formula is C22H29ClN4O3S. The first-order chi connectivity index (χ1) is 15.0. The van der Waals surface area contributed by atoms with Crippen molar-refractivity contribution in [3.8, 4) is 0 Å². The van der Waals surface area contributed by atoms with Crippen LogP contribution in [0.25, 0.3) is 10.9 Å². The molecule has 4 rings (SSSR count). The molecule has 1 aliphatic heterocycles. The van der Waals surface area contributed by atoms with Gasteiger partial charge in [-0.25, -0.2) is 13.9 Å². The highest BCUT2D eigenvalue weighted by Gasteiger charge is 2.22. The summed E-state index contributed by atoms with van der Waals surface area (Å²) in [7, 11) is 0. The Hall–Kier alpha value is -1.74. The molecule has 1 aromatic heterocycles. The molecule has 9 heteroatoms. The maximum atomic E-state index is 12.7. The Bertz CT molecular complexity index is 959. The van der Waals surface area contributed by atoms with Crippen molar-refractivity contribution in [3.05, 3.63) is 29.3 Å². The second kappa shape index (κ2) is 10.3. The number of anilines is 2. The van der Waals surface area contributed by atoms with E-state index in [-0.39, 0.29) is 11.9 Å². The molecule has 1 unspecified atom stereocenters. The van der Waals surface area contributed by atoms with Crippen LogP contribution in [0.2, 0.25) is 5.02 Å². The minimum absolute atomic E-state index is 0.0150. The zero-order valence-corrected chi connectivity index (χ0v) is 19.1. The molecular weight excluding hydrogens is 436 g/mol. The Morgan fingerprint density at radius 3 is 2.58 bits per heavy atom. The minimum atomic E-state index is -1.98. The standard InChI is InChI=1S/C22H29ClN4O3S/c23-18-7-8-19-17(22(18)25-21(28)14-15-4-2-1-3-5-15)6-9-20(24-19)27-12-10-16(11-13-27)26-31(29)30/h6-9,15-16,26H,1-5,10-14H2,(H,25,28)(H,29,30). The van der Waals surface area contributed by atoms with Gasteiger partial charge in [0.15, 0.2) is 0 Å². The van der Waals surface area contributed by atoms with Crippen LogP contribution in [0.5, 0.6) is 0 Å². The number of carbonyl (C=O) groups is 1. The zero-order valence-electron chi connectivity index (χ0n) is 17.5. The number of hydrogen-bond donors (Lipinski definition) is 3. The summed E-state index contributed by atoms with van der Waals surface area (Å²) in [4.78, 5) is 19.6. The number of benzene rings is 1. The summed E-state index contributed by atoms with van der Waals surface area (Å²) in [5.41, 5.74) is 1.42. The lowest BCUT2D eigenvalue weighted by molar-refractivity contribution is -0.117. The third-order valence-electron chi connectivity index (χ3n) is 6.36. The van der Waals surface area contributed by atoms with Crippen molar-refractivity contribution >= 4 is 51.2 Å². The van der Waals surface area contributed by atoms with Crippen LogP contribution in [0, 0.1) is 5.92 Å². The minimum Gasteiger partial charge on any atom is -0.356 e. The van der Waals surface area contributed by atoms with Gasteiger partial charge in [0.05, 0.1) is 16.2 Å². The second-order valence-corrected chi connectivity index (χ2v) is 9.68. The third kappa shape index (κ3) is 5.74. The maximum Gasteiger partial charge on any atom is 0.231 e. The number of piperidine rings is 1. The number of nitrogens with one attached hydrogen (secondary N) is 2. The molecule has 7 nitrogen and oxygen atoms in total. The predicted molar refractivity (Wildman–Crippen MR) is 126 cm³/mol. The number of fused-ring (bicyclic) bond motifs is 1. The number of hydrogen-bond acceptors (Lipinski definition) is 4. The molecule has 1 saturated heterocycles. The van der Waals surface area contributed by atoms with Gasteiger partial charge < -0.3 is 10.2 Å². The lowest BCUT2D eigenvalue weighted by atomic mass is 9.87. The SMILES string of the molecule is O=C(CC1CCCCC1)Nc1c(Cl)ccc2nc(N3CCC(NS(=O)O)CC3)ccc12. The number of aromatic nitrogens is 1. The molecule has 2 aromatic rings. The van der Waals surface area contributed by atoms with Crippen molar-refractivity contribution in [2.24, 2.45) is 5.92 Å². The van der Waals surface area contributed by atoms with E-state index in [1.807, 2.05) is 18.2 Å². The van der Waals surface area contributed by atoms with Crippen molar-refractivity contribution in [1.82, 2.24) is 9.71 Å². The first kappa shape index (κ1) is 22.5. The molecule has 0 radical (unpaired) electrons. The van der Waals surface area contributed by atoms with Gasteiger partial charge in [0, 0.05) is 30.9 Å². The predicted octanol–water partition coefficient (Wildman–Crippen LogP) is 4.49. The number of carbonyl (C=O) groups excluding carboxylic acids is 1. The number of halogens is 1. The summed E-state index contributed by atoms with van der Waals surface area (Å²) < 4.78 is 22.6. The maximum absolute atomic E-state index is 12.7. The quantitative estimate of drug-likeness (QED) is 0.547. The molecule has 1 atom stereocenters. The molecule has 1 saturated carbocycles. The van der Waals surface area contributed by atoms with E-state index < -0.39 is 11.3 Å². The average molecular weight is 465 g/mol. The molecule has 1 aliphatic carbocycles. The molecule has 3 N–H and O–H groups in total. The highest BCUT2D eigenvalue weighted by Crippen LogP contribution is 2.33. The molecule has 0 bridgehead atoms. The van der Waals surface area contributed by atoms with Gasteiger partial charge in [0.1, 0.15) is 5.82 Å². The highest BCUT2D eigenvalue weighted by atomic mass is 35.5. The fourth-order valence-electron chi connectivity index (χ4n) is 4.68. The average Bonchev–Trinajstić information content (AvgIpc) is 2.76. The van der Waals surface area contributed by atoms with E-state index in [4.69, 9.17) is 21.1 Å². The van der Waals surface area contributed by atoms with E-state index >= 15 is 0 Å². The number of amides is 1. The lowest BCUT2D eigenvalue weighted by Gasteiger charge is -2.32. The Morgan fingerprint density at radius 1 is 1.13 bits per heavy atom. The number of rotatable bonds is 6. The summed E-state index contributed by atoms with van der Waals surface area (Å²) in [5, 5.41) is 4.39. The largest absolute Gasteiger partial charge is 0.356 e.